The fraction of sp³-hybridized carbons (Fsp3) is 0.650. The molecule has 1 aromatic rings. The molecule has 1 amide bonds. The molecule has 1 spiro atoms. The van der Waals surface area contributed by atoms with Gasteiger partial charge in [0.2, 0.25) is 5.91 Å². The Labute approximate surface area is 166 Å². The van der Waals surface area contributed by atoms with Crippen LogP contribution in [0.5, 0.6) is 11.5 Å². The Morgan fingerprint density at radius 3 is 2.61 bits per heavy atom. The second-order valence-corrected chi connectivity index (χ2v) is 10.4. The summed E-state index contributed by atoms with van der Waals surface area (Å²) in [5.74, 6) is 1.02. The van der Waals surface area contributed by atoms with E-state index >= 15 is 0 Å². The van der Waals surface area contributed by atoms with Crippen LogP contribution in [0.1, 0.15) is 45.4 Å². The highest BCUT2D eigenvalue weighted by molar-refractivity contribution is 7.91. The lowest BCUT2D eigenvalue weighted by molar-refractivity contribution is -0.132. The van der Waals surface area contributed by atoms with Gasteiger partial charge in [0.05, 0.1) is 11.5 Å². The number of rotatable bonds is 4. The maximum absolute atomic E-state index is 12.7. The number of amides is 1. The van der Waals surface area contributed by atoms with Crippen molar-refractivity contribution in [3.05, 3.63) is 18.2 Å². The van der Waals surface area contributed by atoms with Gasteiger partial charge in [-0.3, -0.25) is 4.79 Å². The van der Waals surface area contributed by atoms with E-state index in [1.807, 2.05) is 18.2 Å². The van der Waals surface area contributed by atoms with Crippen molar-refractivity contribution in [1.29, 1.82) is 0 Å². The molecule has 0 bridgehead atoms. The fourth-order valence-corrected chi connectivity index (χ4v) is 6.13. The zero-order chi connectivity index (χ0) is 19.9. The molecule has 154 valence electrons. The Bertz CT molecular complexity index is 863. The summed E-state index contributed by atoms with van der Waals surface area (Å²) in [5, 5.41) is 3.21. The number of hydrogen-bond donors (Lipinski definition) is 1. The molecule has 1 saturated heterocycles. The van der Waals surface area contributed by atoms with Crippen LogP contribution in [0, 0.1) is 0 Å². The largest absolute Gasteiger partial charge is 0.448 e. The Hall–Kier alpha value is -1.96. The van der Waals surface area contributed by atoms with Crippen LogP contribution >= 0.6 is 0 Å². The number of benzene rings is 1. The van der Waals surface area contributed by atoms with E-state index < -0.39 is 21.7 Å². The topological polar surface area (TPSA) is 84.9 Å². The molecular formula is C20H28N2O5S. The highest BCUT2D eigenvalue weighted by Crippen LogP contribution is 2.46. The standard InChI is InChI=1S/C20H28N2O5S/c1-14(19(23)22(2)16-8-11-28(24,25)13-16)21-15-6-7-17-18(12-15)27-20(26-17)9-4-3-5-10-20/h6-7,12,14,16,21H,3-5,8-11,13H2,1-2H3/t14-,16+/m0/s1. The van der Waals surface area contributed by atoms with Crippen molar-refractivity contribution in [3.63, 3.8) is 0 Å². The number of nitrogens with one attached hydrogen (secondary N) is 1. The van der Waals surface area contributed by atoms with Crippen LogP contribution in [-0.2, 0) is 14.6 Å². The van der Waals surface area contributed by atoms with E-state index in [1.165, 1.54) is 6.42 Å². The number of carbonyl (C=O) groups is 1. The summed E-state index contributed by atoms with van der Waals surface area (Å²) in [7, 11) is -1.34. The molecule has 4 rings (SSSR count). The van der Waals surface area contributed by atoms with Crippen LogP contribution in [0.3, 0.4) is 0 Å². The first-order chi connectivity index (χ1) is 13.3. The van der Waals surface area contributed by atoms with Crippen LogP contribution in [0.25, 0.3) is 0 Å². The molecule has 2 fully saturated rings. The first kappa shape index (κ1) is 19.4. The lowest BCUT2D eigenvalue weighted by Crippen LogP contribution is -2.45. The van der Waals surface area contributed by atoms with E-state index in [0.717, 1.165) is 37.1 Å². The third kappa shape index (κ3) is 3.79. The van der Waals surface area contributed by atoms with Gasteiger partial charge in [-0.05, 0) is 38.3 Å². The first-order valence-corrected chi connectivity index (χ1v) is 11.8. The van der Waals surface area contributed by atoms with Gasteiger partial charge in [0.1, 0.15) is 6.04 Å². The van der Waals surface area contributed by atoms with Crippen LogP contribution in [0.2, 0.25) is 0 Å². The number of sulfone groups is 1. The zero-order valence-electron chi connectivity index (χ0n) is 16.4. The predicted molar refractivity (Wildman–Crippen MR) is 106 cm³/mol. The molecule has 2 heterocycles. The number of carbonyl (C=O) groups excluding carboxylic acids is 1. The van der Waals surface area contributed by atoms with E-state index in [0.29, 0.717) is 12.2 Å². The summed E-state index contributed by atoms with van der Waals surface area (Å²) in [6, 6.07) is 4.92. The van der Waals surface area contributed by atoms with Crippen molar-refractivity contribution in [2.45, 2.75) is 63.3 Å². The van der Waals surface area contributed by atoms with Gasteiger partial charge in [0, 0.05) is 37.7 Å². The van der Waals surface area contributed by atoms with Gasteiger partial charge in [-0.25, -0.2) is 8.42 Å². The molecule has 1 aromatic carbocycles. The van der Waals surface area contributed by atoms with Gasteiger partial charge >= 0.3 is 0 Å². The van der Waals surface area contributed by atoms with E-state index in [9.17, 15) is 13.2 Å². The van der Waals surface area contributed by atoms with Crippen LogP contribution in [0.4, 0.5) is 5.69 Å². The van der Waals surface area contributed by atoms with Crippen molar-refractivity contribution in [1.82, 2.24) is 4.90 Å². The third-order valence-corrected chi connectivity index (χ3v) is 7.76. The number of nitrogens with zero attached hydrogens (tertiary/aromatic N) is 1. The highest BCUT2D eigenvalue weighted by atomic mass is 32.2. The minimum absolute atomic E-state index is 0.0497. The smallest absolute Gasteiger partial charge is 0.251 e. The summed E-state index contributed by atoms with van der Waals surface area (Å²) in [4.78, 5) is 14.3. The van der Waals surface area contributed by atoms with E-state index in [1.54, 1.807) is 18.9 Å². The summed E-state index contributed by atoms with van der Waals surface area (Å²) in [6.45, 7) is 1.79. The first-order valence-electron chi connectivity index (χ1n) is 10.0. The Balaban J connectivity index is 1.40. The molecule has 2 atom stereocenters. The minimum Gasteiger partial charge on any atom is -0.448 e. The summed E-state index contributed by atoms with van der Waals surface area (Å²) in [6.07, 6.45) is 5.72. The summed E-state index contributed by atoms with van der Waals surface area (Å²) >= 11 is 0. The van der Waals surface area contributed by atoms with Crippen molar-refractivity contribution >= 4 is 21.4 Å². The quantitative estimate of drug-likeness (QED) is 0.824. The lowest BCUT2D eigenvalue weighted by Gasteiger charge is -2.31. The molecule has 0 aromatic heterocycles. The van der Waals surface area contributed by atoms with Crippen molar-refractivity contribution in [2.24, 2.45) is 0 Å². The van der Waals surface area contributed by atoms with Gasteiger partial charge in [0.25, 0.3) is 5.79 Å². The lowest BCUT2D eigenvalue weighted by atomic mass is 9.94. The fourth-order valence-electron chi connectivity index (χ4n) is 4.36. The maximum atomic E-state index is 12.7. The molecule has 1 saturated carbocycles. The molecule has 28 heavy (non-hydrogen) atoms. The van der Waals surface area contributed by atoms with E-state index in [2.05, 4.69) is 5.32 Å². The normalized spacial score (nSPS) is 25.4. The van der Waals surface area contributed by atoms with Gasteiger partial charge in [0.15, 0.2) is 21.3 Å². The number of hydrogen-bond acceptors (Lipinski definition) is 6. The molecule has 2 aliphatic heterocycles. The van der Waals surface area contributed by atoms with Crippen molar-refractivity contribution in [3.8, 4) is 11.5 Å². The second-order valence-electron chi connectivity index (χ2n) is 8.21. The molecular weight excluding hydrogens is 380 g/mol. The number of likely N-dealkylation sites (N-methyl/N-ethyl adjacent to an activating group) is 1. The zero-order valence-corrected chi connectivity index (χ0v) is 17.3. The molecule has 0 unspecified atom stereocenters. The maximum Gasteiger partial charge on any atom is 0.251 e. The van der Waals surface area contributed by atoms with E-state index in [4.69, 9.17) is 9.47 Å². The summed E-state index contributed by atoms with van der Waals surface area (Å²) in [5.41, 5.74) is 0.781. The molecule has 0 radical (unpaired) electrons. The van der Waals surface area contributed by atoms with Gasteiger partial charge in [-0.15, -0.1) is 0 Å². The molecule has 3 aliphatic rings. The minimum atomic E-state index is -3.02. The average molecular weight is 409 g/mol. The summed E-state index contributed by atoms with van der Waals surface area (Å²) < 4.78 is 35.6. The van der Waals surface area contributed by atoms with Gasteiger partial charge in [-0.1, -0.05) is 6.42 Å². The second kappa shape index (κ2) is 7.13. The third-order valence-electron chi connectivity index (χ3n) is 6.01. The Kier molecular flexibility index (Phi) is 4.93. The Morgan fingerprint density at radius 2 is 1.93 bits per heavy atom. The molecule has 7 nitrogen and oxygen atoms in total. The molecule has 1 aliphatic carbocycles. The van der Waals surface area contributed by atoms with Crippen molar-refractivity contribution < 1.29 is 22.7 Å². The number of ether oxygens (including phenoxy) is 2. The Morgan fingerprint density at radius 1 is 1.21 bits per heavy atom. The highest BCUT2D eigenvalue weighted by Gasteiger charge is 2.42. The predicted octanol–water partition coefficient (Wildman–Crippen LogP) is 2.56. The monoisotopic (exact) mass is 408 g/mol. The van der Waals surface area contributed by atoms with Gasteiger partial charge in [-0.2, -0.15) is 0 Å². The van der Waals surface area contributed by atoms with Gasteiger partial charge < -0.3 is 19.7 Å². The van der Waals surface area contributed by atoms with Crippen LogP contribution in [-0.4, -0.2) is 55.6 Å². The van der Waals surface area contributed by atoms with Crippen molar-refractivity contribution in [2.75, 3.05) is 23.9 Å². The molecule has 1 N–H and O–H groups in total. The number of fused-ring (bicyclic) bond motifs is 1. The molecule has 8 heteroatoms. The van der Waals surface area contributed by atoms with Crippen LogP contribution < -0.4 is 14.8 Å². The average Bonchev–Trinajstić information content (AvgIpc) is 3.19. The van der Waals surface area contributed by atoms with Crippen LogP contribution in [0.15, 0.2) is 18.2 Å². The SMILES string of the molecule is C[C@H](Nc1ccc2c(c1)OC1(CCCCC1)O2)C(=O)N(C)[C@@H]1CCS(=O)(=O)C1. The number of anilines is 1. The van der Waals surface area contributed by atoms with E-state index in [-0.39, 0.29) is 23.5 Å².